The molecule has 4 heteroatoms. The zero-order chi connectivity index (χ0) is 18.1. The van der Waals surface area contributed by atoms with Gasteiger partial charge in [-0.2, -0.15) is 0 Å². The molecule has 0 bridgehead atoms. The molecule has 0 aliphatic heterocycles. The Bertz CT molecular complexity index is 198. The van der Waals surface area contributed by atoms with Crippen LogP contribution in [0.15, 0.2) is 0 Å². The molecule has 0 unspecified atom stereocenters. The Kier molecular flexibility index (Phi) is 31.7. The largest absolute Gasteiger partial charge is 0.324 e. The monoisotopic (exact) mass is 374 g/mol. The standard InChI is InChI=1S/2C10H21.Al.HO2P.H/c2*1-3-5-7-9-10-8-6-4-2;;1-3-2;/h2*1,3-10H2,2H3;;(H,1,2);. The van der Waals surface area contributed by atoms with Crippen LogP contribution in [0.3, 0.4) is 0 Å². The fourth-order valence-corrected chi connectivity index (χ4v) is 4.92. The molecule has 0 heterocycles. The smallest absolute Gasteiger partial charge is 0.310 e. The molecule has 0 amide bonds. The molecule has 0 aromatic rings. The van der Waals surface area contributed by atoms with E-state index in [-0.39, 0.29) is 0 Å². The predicted octanol–water partition coefficient (Wildman–Crippen LogP) is 7.73. The minimum absolute atomic E-state index is 0.316. The minimum Gasteiger partial charge on any atom is -0.310 e. The summed E-state index contributed by atoms with van der Waals surface area (Å²) >= 11 is 0.316. The third-order valence-corrected chi connectivity index (χ3v) is 6.71. The Morgan fingerprint density at radius 2 is 0.833 bits per heavy atom. The zero-order valence-electron chi connectivity index (χ0n) is 16.7. The highest BCUT2D eigenvalue weighted by atomic mass is 31.1. The Labute approximate surface area is 160 Å². The minimum atomic E-state index is -0.833. The third-order valence-electron chi connectivity index (χ3n) is 4.71. The van der Waals surface area contributed by atoms with E-state index in [1.54, 1.807) is 23.4 Å². The number of rotatable bonds is 18. The number of hydrogen-bond donors (Lipinski definition) is 1. The topological polar surface area (TPSA) is 37.3 Å². The van der Waals surface area contributed by atoms with Gasteiger partial charge >= 0.3 is 8.69 Å². The molecule has 0 radical (unpaired) electrons. The molecular formula is C20H44AlO2P. The molecule has 0 spiro atoms. The molecule has 0 fully saturated rings. The van der Waals surface area contributed by atoms with Crippen molar-refractivity contribution in [3.63, 3.8) is 0 Å². The Hall–Kier alpha value is 0.592. The van der Waals surface area contributed by atoms with Gasteiger partial charge in [0.25, 0.3) is 0 Å². The highest BCUT2D eigenvalue weighted by Gasteiger charge is 1.96. The van der Waals surface area contributed by atoms with Gasteiger partial charge in [0.05, 0.1) is 0 Å². The van der Waals surface area contributed by atoms with Gasteiger partial charge in [-0.25, -0.2) is 4.57 Å². The van der Waals surface area contributed by atoms with Crippen LogP contribution in [-0.2, 0) is 4.57 Å². The summed E-state index contributed by atoms with van der Waals surface area (Å²) < 4.78 is 8.46. The van der Waals surface area contributed by atoms with E-state index in [0.29, 0.717) is 15.2 Å². The van der Waals surface area contributed by atoms with Crippen molar-refractivity contribution in [1.29, 1.82) is 0 Å². The first kappa shape index (κ1) is 26.8. The molecule has 0 aromatic carbocycles. The maximum Gasteiger partial charge on any atom is 0.324 e. The van der Waals surface area contributed by atoms with Crippen molar-refractivity contribution < 1.29 is 9.46 Å². The van der Waals surface area contributed by atoms with Gasteiger partial charge in [-0.05, 0) is 0 Å². The fraction of sp³-hybridized carbons (Fsp3) is 1.00. The molecule has 0 aliphatic rings. The Morgan fingerprint density at radius 3 is 1.12 bits per heavy atom. The van der Waals surface area contributed by atoms with Crippen molar-refractivity contribution in [3.8, 4) is 0 Å². The van der Waals surface area contributed by atoms with Gasteiger partial charge in [-0.15, -0.1) is 0 Å². The average molecular weight is 375 g/mol. The highest BCUT2D eigenvalue weighted by molar-refractivity contribution is 7.16. The zero-order valence-corrected chi connectivity index (χ0v) is 19.0. The molecule has 0 atom stereocenters. The number of hydrogen-bond acceptors (Lipinski definition) is 1. The summed E-state index contributed by atoms with van der Waals surface area (Å²) in [5.41, 5.74) is 0. The van der Waals surface area contributed by atoms with E-state index < -0.39 is 8.69 Å². The van der Waals surface area contributed by atoms with Crippen molar-refractivity contribution in [3.05, 3.63) is 0 Å². The molecule has 144 valence electrons. The normalized spacial score (nSPS) is 10.5. The summed E-state index contributed by atoms with van der Waals surface area (Å²) in [5.74, 6) is 0. The molecule has 0 aliphatic carbocycles. The molecule has 0 saturated carbocycles. The summed E-state index contributed by atoms with van der Waals surface area (Å²) in [6.07, 6.45) is 23.8. The van der Waals surface area contributed by atoms with Crippen molar-refractivity contribution in [2.24, 2.45) is 0 Å². The van der Waals surface area contributed by atoms with Gasteiger partial charge in [0.15, 0.2) is 0 Å². The van der Waals surface area contributed by atoms with E-state index in [0.717, 1.165) is 0 Å². The quantitative estimate of drug-likeness (QED) is 0.151. The van der Waals surface area contributed by atoms with Gasteiger partial charge in [0, 0.05) is 0 Å². The second-order valence-corrected chi connectivity index (χ2v) is 9.38. The lowest BCUT2D eigenvalue weighted by Gasteiger charge is -2.02. The molecule has 0 saturated heterocycles. The van der Waals surface area contributed by atoms with Crippen LogP contribution in [0, 0.1) is 0 Å². The Balaban J connectivity index is 0. The second-order valence-electron chi connectivity index (χ2n) is 7.09. The molecule has 0 aromatic heterocycles. The van der Waals surface area contributed by atoms with Crippen molar-refractivity contribution in [2.75, 3.05) is 0 Å². The van der Waals surface area contributed by atoms with Crippen LogP contribution in [-0.4, -0.2) is 20.1 Å². The van der Waals surface area contributed by atoms with Crippen LogP contribution in [0.25, 0.3) is 0 Å². The van der Waals surface area contributed by atoms with Crippen LogP contribution < -0.4 is 0 Å². The van der Waals surface area contributed by atoms with E-state index in [4.69, 9.17) is 9.46 Å². The van der Waals surface area contributed by atoms with Crippen LogP contribution >= 0.6 is 8.69 Å². The van der Waals surface area contributed by atoms with Crippen molar-refractivity contribution in [1.82, 2.24) is 0 Å². The maximum absolute atomic E-state index is 8.46. The highest BCUT2D eigenvalue weighted by Crippen LogP contribution is 2.12. The van der Waals surface area contributed by atoms with Crippen molar-refractivity contribution in [2.45, 2.75) is 127 Å². The van der Waals surface area contributed by atoms with Crippen molar-refractivity contribution >= 4 is 23.9 Å². The van der Waals surface area contributed by atoms with E-state index in [1.807, 2.05) is 0 Å². The number of unbranched alkanes of at least 4 members (excludes halogenated alkanes) is 14. The molecule has 2 nitrogen and oxygen atoms in total. The summed E-state index contributed by atoms with van der Waals surface area (Å²) in [4.78, 5) is 6.99. The molecule has 0 rings (SSSR count). The van der Waals surface area contributed by atoms with Crippen LogP contribution in [0.1, 0.15) is 117 Å². The molecule has 1 N–H and O–H groups in total. The summed E-state index contributed by atoms with van der Waals surface area (Å²) in [7, 11) is -0.833. The maximum atomic E-state index is 8.46. The van der Waals surface area contributed by atoms with E-state index in [2.05, 4.69) is 13.8 Å². The molecular weight excluding hydrogens is 330 g/mol. The first-order valence-corrected chi connectivity index (χ1v) is 13.6. The lowest BCUT2D eigenvalue weighted by Crippen LogP contribution is -1.90. The summed E-state index contributed by atoms with van der Waals surface area (Å²) in [6, 6.07) is 0. The van der Waals surface area contributed by atoms with Crippen LogP contribution in [0.5, 0.6) is 0 Å². The van der Waals surface area contributed by atoms with Gasteiger partial charge < -0.3 is 4.89 Å². The van der Waals surface area contributed by atoms with E-state index in [1.165, 1.54) is 89.9 Å². The van der Waals surface area contributed by atoms with Gasteiger partial charge in [0.1, 0.15) is 0 Å². The first-order chi connectivity index (χ1) is 11.8. The fourth-order valence-electron chi connectivity index (χ4n) is 3.15. The summed E-state index contributed by atoms with van der Waals surface area (Å²) in [6.45, 7) is 4.61. The molecule has 24 heavy (non-hydrogen) atoms. The van der Waals surface area contributed by atoms with Crippen LogP contribution in [0.4, 0.5) is 0 Å². The van der Waals surface area contributed by atoms with Gasteiger partial charge in [0.2, 0.25) is 15.2 Å². The second kappa shape index (κ2) is 28.4. The van der Waals surface area contributed by atoms with Gasteiger partial charge in [-0.3, -0.25) is 0 Å². The SMILES string of the molecule is CCCCCCCCC[CH2][AlH][CH2]CCCCCCCCC.O=PO. The Morgan fingerprint density at radius 1 is 0.583 bits per heavy atom. The average Bonchev–Trinajstić information content (AvgIpc) is 2.58. The van der Waals surface area contributed by atoms with E-state index >= 15 is 0 Å². The lowest BCUT2D eigenvalue weighted by molar-refractivity contribution is 0.524. The van der Waals surface area contributed by atoms with Gasteiger partial charge in [-0.1, -0.05) is 127 Å². The lowest BCUT2D eigenvalue weighted by atomic mass is 10.1. The first-order valence-electron chi connectivity index (χ1n) is 10.8. The van der Waals surface area contributed by atoms with Crippen LogP contribution in [0.2, 0.25) is 10.6 Å². The van der Waals surface area contributed by atoms with E-state index in [9.17, 15) is 0 Å². The summed E-state index contributed by atoms with van der Waals surface area (Å²) in [5, 5.41) is 3.26. The third kappa shape index (κ3) is 30.5. The predicted molar refractivity (Wildman–Crippen MR) is 112 cm³/mol.